The van der Waals surface area contributed by atoms with Crippen LogP contribution in [0.4, 0.5) is 0 Å². The molecule has 2 aliphatic heterocycles. The average Bonchev–Trinajstić information content (AvgIpc) is 3.36. The third kappa shape index (κ3) is 3.10. The normalized spacial score (nSPS) is 24.6. The minimum Gasteiger partial charge on any atom is -0.333 e. The largest absolute Gasteiger partial charge is 0.333 e. The van der Waals surface area contributed by atoms with E-state index >= 15 is 0 Å². The zero-order valence-electron chi connectivity index (χ0n) is 13.8. The Bertz CT molecular complexity index is 673. The summed E-state index contributed by atoms with van der Waals surface area (Å²) in [5.74, 6) is 0.116. The number of hydrogen-bond donors (Lipinski definition) is 0. The number of carbonyl (C=O) groups is 1. The lowest BCUT2D eigenvalue weighted by Crippen LogP contribution is -2.48. The van der Waals surface area contributed by atoms with Crippen LogP contribution in [0.25, 0.3) is 0 Å². The van der Waals surface area contributed by atoms with Crippen molar-refractivity contribution >= 4 is 17.2 Å². The summed E-state index contributed by atoms with van der Waals surface area (Å²) >= 11 is 1.49. The van der Waals surface area contributed by atoms with E-state index in [-0.39, 0.29) is 5.91 Å². The van der Waals surface area contributed by atoms with Crippen LogP contribution in [0.1, 0.15) is 41.7 Å². The van der Waals surface area contributed by atoms with Crippen LogP contribution in [-0.4, -0.2) is 45.9 Å². The number of thiazole rings is 1. The third-order valence-corrected chi connectivity index (χ3v) is 5.88. The van der Waals surface area contributed by atoms with Gasteiger partial charge in [0.25, 0.3) is 5.91 Å². The maximum absolute atomic E-state index is 12.8. The molecule has 2 atom stereocenters. The molecule has 2 fully saturated rings. The molecule has 1 aromatic carbocycles. The highest BCUT2D eigenvalue weighted by Crippen LogP contribution is 2.32. The van der Waals surface area contributed by atoms with Crippen LogP contribution >= 0.6 is 11.3 Å². The van der Waals surface area contributed by atoms with E-state index in [1.54, 1.807) is 5.51 Å². The highest BCUT2D eigenvalue weighted by atomic mass is 32.1. The fraction of sp³-hybridized carbons (Fsp3) is 0.474. The van der Waals surface area contributed by atoms with Crippen molar-refractivity contribution in [3.8, 4) is 0 Å². The van der Waals surface area contributed by atoms with Gasteiger partial charge in [-0.05, 0) is 37.8 Å². The molecule has 5 heteroatoms. The lowest BCUT2D eigenvalue weighted by molar-refractivity contribution is 0.0634. The van der Waals surface area contributed by atoms with E-state index in [0.717, 1.165) is 32.5 Å². The fourth-order valence-corrected chi connectivity index (χ4v) is 4.74. The predicted octanol–water partition coefficient (Wildman–Crippen LogP) is 3.41. The minimum absolute atomic E-state index is 0.116. The Morgan fingerprint density at radius 1 is 1.12 bits per heavy atom. The zero-order valence-corrected chi connectivity index (χ0v) is 14.6. The van der Waals surface area contributed by atoms with Crippen molar-refractivity contribution < 1.29 is 4.79 Å². The SMILES string of the molecule is O=C(c1cscn1)N1CCC[C@H]1[C@H]1CCCN1Cc1ccccc1. The second-order valence-corrected chi connectivity index (χ2v) is 7.47. The summed E-state index contributed by atoms with van der Waals surface area (Å²) in [5.41, 5.74) is 3.72. The zero-order chi connectivity index (χ0) is 16.4. The molecule has 0 unspecified atom stereocenters. The summed E-state index contributed by atoms with van der Waals surface area (Å²) in [6, 6.07) is 11.5. The van der Waals surface area contributed by atoms with Crippen molar-refractivity contribution in [1.82, 2.24) is 14.8 Å². The molecule has 0 aliphatic carbocycles. The second kappa shape index (κ2) is 7.03. The Labute approximate surface area is 147 Å². The molecule has 126 valence electrons. The van der Waals surface area contributed by atoms with E-state index in [0.29, 0.717) is 17.8 Å². The minimum atomic E-state index is 0.116. The van der Waals surface area contributed by atoms with E-state index < -0.39 is 0 Å². The summed E-state index contributed by atoms with van der Waals surface area (Å²) in [6.07, 6.45) is 4.65. The first-order valence-corrected chi connectivity index (χ1v) is 9.74. The fourth-order valence-electron chi connectivity index (χ4n) is 4.21. The van der Waals surface area contributed by atoms with Gasteiger partial charge in [0.15, 0.2) is 0 Å². The molecule has 0 bridgehead atoms. The molecular weight excluding hydrogens is 318 g/mol. The lowest BCUT2D eigenvalue weighted by atomic mass is 10.0. The summed E-state index contributed by atoms with van der Waals surface area (Å²) in [7, 11) is 0. The first-order valence-electron chi connectivity index (χ1n) is 8.80. The van der Waals surface area contributed by atoms with Gasteiger partial charge in [-0.1, -0.05) is 30.3 Å². The number of amides is 1. The Balaban J connectivity index is 1.49. The standard InChI is InChI=1S/C19H23N3OS/c23-19(16-13-24-14-20-16)22-11-5-9-18(22)17-8-4-10-21(17)12-15-6-2-1-3-7-15/h1-3,6-7,13-14,17-18H,4-5,8-12H2/t17-,18+/m1/s1. The lowest BCUT2D eigenvalue weighted by Gasteiger charge is -2.35. The predicted molar refractivity (Wildman–Crippen MR) is 96.0 cm³/mol. The molecule has 2 aromatic rings. The van der Waals surface area contributed by atoms with Crippen LogP contribution in [0, 0.1) is 0 Å². The number of carbonyl (C=O) groups excluding carboxylic acids is 1. The molecule has 2 aliphatic rings. The number of hydrogen-bond acceptors (Lipinski definition) is 4. The molecule has 0 radical (unpaired) electrons. The highest BCUT2D eigenvalue weighted by molar-refractivity contribution is 7.07. The number of benzene rings is 1. The summed E-state index contributed by atoms with van der Waals surface area (Å²) in [4.78, 5) is 21.7. The van der Waals surface area contributed by atoms with Crippen molar-refractivity contribution in [2.75, 3.05) is 13.1 Å². The van der Waals surface area contributed by atoms with E-state index in [1.807, 2.05) is 5.38 Å². The summed E-state index contributed by atoms with van der Waals surface area (Å²) < 4.78 is 0. The van der Waals surface area contributed by atoms with Gasteiger partial charge in [-0.15, -0.1) is 11.3 Å². The van der Waals surface area contributed by atoms with Crippen LogP contribution in [0.5, 0.6) is 0 Å². The van der Waals surface area contributed by atoms with Gasteiger partial charge in [0.2, 0.25) is 0 Å². The van der Waals surface area contributed by atoms with Gasteiger partial charge >= 0.3 is 0 Å². The molecule has 0 saturated carbocycles. The summed E-state index contributed by atoms with van der Waals surface area (Å²) in [6.45, 7) is 2.99. The molecule has 4 nitrogen and oxygen atoms in total. The highest BCUT2D eigenvalue weighted by Gasteiger charge is 2.40. The maximum Gasteiger partial charge on any atom is 0.273 e. The smallest absolute Gasteiger partial charge is 0.273 e. The molecule has 0 N–H and O–H groups in total. The molecule has 4 rings (SSSR count). The van der Waals surface area contributed by atoms with Crippen LogP contribution in [0.3, 0.4) is 0 Å². The van der Waals surface area contributed by atoms with Crippen molar-refractivity contribution in [1.29, 1.82) is 0 Å². The van der Waals surface area contributed by atoms with E-state index in [4.69, 9.17) is 0 Å². The maximum atomic E-state index is 12.8. The van der Waals surface area contributed by atoms with Crippen LogP contribution in [0.2, 0.25) is 0 Å². The van der Waals surface area contributed by atoms with Crippen molar-refractivity contribution in [2.45, 2.75) is 44.3 Å². The monoisotopic (exact) mass is 341 g/mol. The van der Waals surface area contributed by atoms with Gasteiger partial charge in [-0.25, -0.2) is 4.98 Å². The molecule has 1 aromatic heterocycles. The van der Waals surface area contributed by atoms with Gasteiger partial charge in [0, 0.05) is 30.6 Å². The number of likely N-dealkylation sites (tertiary alicyclic amines) is 2. The average molecular weight is 341 g/mol. The Hall–Kier alpha value is -1.72. The third-order valence-electron chi connectivity index (χ3n) is 5.30. The molecule has 24 heavy (non-hydrogen) atoms. The van der Waals surface area contributed by atoms with Gasteiger partial charge in [-0.3, -0.25) is 9.69 Å². The van der Waals surface area contributed by atoms with E-state index in [2.05, 4.69) is 45.1 Å². The number of aromatic nitrogens is 1. The first kappa shape index (κ1) is 15.8. The van der Waals surface area contributed by atoms with Gasteiger partial charge in [-0.2, -0.15) is 0 Å². The van der Waals surface area contributed by atoms with Gasteiger partial charge in [0.1, 0.15) is 5.69 Å². The van der Waals surface area contributed by atoms with Crippen LogP contribution in [-0.2, 0) is 6.54 Å². The quantitative estimate of drug-likeness (QED) is 0.855. The summed E-state index contributed by atoms with van der Waals surface area (Å²) in [5, 5.41) is 1.87. The van der Waals surface area contributed by atoms with Gasteiger partial charge < -0.3 is 4.90 Å². The first-order chi connectivity index (χ1) is 11.8. The molecule has 1 amide bonds. The molecule has 2 saturated heterocycles. The van der Waals surface area contributed by atoms with Gasteiger partial charge in [0.05, 0.1) is 5.51 Å². The van der Waals surface area contributed by atoms with Crippen LogP contribution < -0.4 is 0 Å². The topological polar surface area (TPSA) is 36.4 Å². The molecule has 3 heterocycles. The number of rotatable bonds is 4. The second-order valence-electron chi connectivity index (χ2n) is 6.75. The van der Waals surface area contributed by atoms with Crippen LogP contribution in [0.15, 0.2) is 41.2 Å². The number of nitrogens with zero attached hydrogens (tertiary/aromatic N) is 3. The Morgan fingerprint density at radius 3 is 2.71 bits per heavy atom. The van der Waals surface area contributed by atoms with E-state index in [1.165, 1.54) is 29.7 Å². The Kier molecular flexibility index (Phi) is 4.63. The van der Waals surface area contributed by atoms with E-state index in [9.17, 15) is 4.79 Å². The Morgan fingerprint density at radius 2 is 1.92 bits per heavy atom. The molecule has 0 spiro atoms. The molecular formula is C19H23N3OS. The van der Waals surface area contributed by atoms with Crippen molar-refractivity contribution in [3.63, 3.8) is 0 Å². The van der Waals surface area contributed by atoms with Crippen molar-refractivity contribution in [3.05, 3.63) is 52.5 Å². The van der Waals surface area contributed by atoms with Crippen molar-refractivity contribution in [2.24, 2.45) is 0 Å².